The minimum absolute atomic E-state index is 0. The van der Waals surface area contributed by atoms with Gasteiger partial charge in [-0.15, -0.1) is 0 Å². The van der Waals surface area contributed by atoms with Gasteiger partial charge in [0.25, 0.3) is 0 Å². The average molecular weight is 407 g/mol. The van der Waals surface area contributed by atoms with Gasteiger partial charge in [0.05, 0.1) is 11.9 Å². The van der Waals surface area contributed by atoms with Crippen molar-refractivity contribution < 1.29 is 47.1 Å². The van der Waals surface area contributed by atoms with Crippen molar-refractivity contribution in [3.8, 4) is 0 Å². The van der Waals surface area contributed by atoms with Crippen molar-refractivity contribution in [1.29, 1.82) is 0 Å². The quantitative estimate of drug-likeness (QED) is 0.688. The first-order chi connectivity index (χ1) is 10.8. The average Bonchev–Trinajstić information content (AvgIpc) is 2.51. The van der Waals surface area contributed by atoms with E-state index in [-0.39, 0.29) is 51.0 Å². The van der Waals surface area contributed by atoms with E-state index in [0.717, 1.165) is 5.56 Å². The molecule has 0 fully saturated rings. The third-order valence-corrected chi connectivity index (χ3v) is 3.50. The Balaban J connectivity index is 0.00000529. The number of rotatable bonds is 8. The predicted octanol–water partition coefficient (Wildman–Crippen LogP) is 1.84. The van der Waals surface area contributed by atoms with Crippen molar-refractivity contribution in [2.45, 2.75) is 45.7 Å². The van der Waals surface area contributed by atoms with Crippen LogP contribution < -0.4 is 10.6 Å². The Hall–Kier alpha value is -1.27. The van der Waals surface area contributed by atoms with Crippen molar-refractivity contribution >= 4 is 17.7 Å². The van der Waals surface area contributed by atoms with Crippen LogP contribution in [-0.2, 0) is 53.5 Å². The number of aryl methyl sites for hydroxylation is 1. The van der Waals surface area contributed by atoms with Crippen LogP contribution in [0.3, 0.4) is 0 Å². The fraction of sp³-hybridized carbons (Fsp3) is 0.471. The molecule has 129 valence electrons. The Morgan fingerprint density at radius 1 is 1.04 bits per heavy atom. The molecule has 1 aromatic carbocycles. The topological polar surface area (TPSA) is 99.1 Å². The zero-order valence-electron chi connectivity index (χ0n) is 14.3. The van der Waals surface area contributed by atoms with Crippen LogP contribution in [0, 0.1) is 5.92 Å². The molecule has 7 heteroatoms. The largest absolute Gasteiger partial charge is 0.666 e. The summed E-state index contributed by atoms with van der Waals surface area (Å²) in [5.41, 5.74) is 8.04. The van der Waals surface area contributed by atoms with E-state index in [9.17, 15) is 14.4 Å². The summed E-state index contributed by atoms with van der Waals surface area (Å²) in [5, 5.41) is 5.16. The van der Waals surface area contributed by atoms with Gasteiger partial charge in [-0.25, -0.2) is 0 Å². The molecule has 24 heavy (non-hydrogen) atoms. The summed E-state index contributed by atoms with van der Waals surface area (Å²) in [4.78, 5) is 35.1. The first-order valence-electron chi connectivity index (χ1n) is 7.70. The molecule has 0 bridgehead atoms. The molecule has 0 aliphatic carbocycles. The van der Waals surface area contributed by atoms with Crippen LogP contribution in [0.4, 0.5) is 0 Å². The molecule has 0 heterocycles. The first-order valence-corrected chi connectivity index (χ1v) is 7.70. The van der Waals surface area contributed by atoms with Gasteiger partial charge in [0.1, 0.15) is 6.04 Å². The second-order valence-corrected chi connectivity index (χ2v) is 5.87. The fourth-order valence-electron chi connectivity index (χ4n) is 2.05. The summed E-state index contributed by atoms with van der Waals surface area (Å²) in [6, 6.07) is 8.03. The minimum Gasteiger partial charge on any atom is -0.666 e. The van der Waals surface area contributed by atoms with Crippen LogP contribution >= 0.6 is 0 Å². The van der Waals surface area contributed by atoms with Crippen LogP contribution in [0.2, 0.25) is 0 Å². The number of carbonyl (C=O) groups is 3. The molecule has 1 aromatic rings. The van der Waals surface area contributed by atoms with Crippen LogP contribution in [0.15, 0.2) is 30.3 Å². The molecule has 1 rings (SSSR count). The van der Waals surface area contributed by atoms with E-state index in [4.69, 9.17) is 5.73 Å². The van der Waals surface area contributed by atoms with E-state index in [1.54, 1.807) is 0 Å². The summed E-state index contributed by atoms with van der Waals surface area (Å²) in [6.45, 7) is 5.08. The number of benzene rings is 1. The van der Waals surface area contributed by atoms with E-state index in [0.29, 0.717) is 6.42 Å². The monoisotopic (exact) mass is 407 g/mol. The van der Waals surface area contributed by atoms with E-state index in [1.807, 2.05) is 44.2 Å². The van der Waals surface area contributed by atoms with Crippen LogP contribution in [0.5, 0.6) is 0 Å². The SMILES string of the molecule is CC(C)[C@H](NC(=O)CCc1ccccc1)C(=O)N[C@@H](C)C([NH-])=O.[Y]. The number of hydrogen-bond donors (Lipinski definition) is 2. The third kappa shape index (κ3) is 8.02. The molecule has 0 saturated carbocycles. The second-order valence-electron chi connectivity index (χ2n) is 5.87. The molecule has 6 nitrogen and oxygen atoms in total. The Morgan fingerprint density at radius 2 is 1.62 bits per heavy atom. The van der Waals surface area contributed by atoms with Crippen molar-refractivity contribution in [3.63, 3.8) is 0 Å². The van der Waals surface area contributed by atoms with Crippen molar-refractivity contribution in [2.75, 3.05) is 0 Å². The standard InChI is InChI=1S/C17H25N3O3.Y/c1-11(2)15(17(23)19-12(3)16(18)22)20-14(21)10-9-13-7-5-4-6-8-13;/h4-8,11-12,15H,9-10H2,1-3H3,(H4,18,19,20,21,22,23);/p-1/t12-,15-;/m0./s1. The van der Waals surface area contributed by atoms with Crippen LogP contribution in [0.25, 0.3) is 5.73 Å². The van der Waals surface area contributed by atoms with Gasteiger partial charge in [0.2, 0.25) is 11.8 Å². The molecule has 0 aliphatic heterocycles. The maximum atomic E-state index is 12.1. The third-order valence-electron chi connectivity index (χ3n) is 3.50. The molecule has 0 unspecified atom stereocenters. The number of amides is 3. The number of hydrogen-bond acceptors (Lipinski definition) is 3. The van der Waals surface area contributed by atoms with E-state index in [1.165, 1.54) is 6.92 Å². The van der Waals surface area contributed by atoms with E-state index < -0.39 is 23.9 Å². The van der Waals surface area contributed by atoms with E-state index in [2.05, 4.69) is 10.6 Å². The smallest absolute Gasteiger partial charge is 0.243 e. The molecule has 1 radical (unpaired) electrons. The molecule has 0 aromatic heterocycles. The Morgan fingerprint density at radius 3 is 2.12 bits per heavy atom. The molecule has 2 atom stereocenters. The maximum Gasteiger partial charge on any atom is 0.243 e. The second kappa shape index (κ2) is 11.3. The molecule has 0 aliphatic rings. The summed E-state index contributed by atoms with van der Waals surface area (Å²) >= 11 is 0. The Bertz CT molecular complexity index is 549. The Kier molecular flexibility index (Phi) is 10.7. The van der Waals surface area contributed by atoms with Gasteiger partial charge in [-0.1, -0.05) is 44.2 Å². The molecule has 0 saturated heterocycles. The van der Waals surface area contributed by atoms with Crippen molar-refractivity contribution in [3.05, 3.63) is 41.6 Å². The van der Waals surface area contributed by atoms with Gasteiger partial charge in [0, 0.05) is 39.1 Å². The van der Waals surface area contributed by atoms with Gasteiger partial charge in [0.15, 0.2) is 0 Å². The maximum absolute atomic E-state index is 12.1. The summed E-state index contributed by atoms with van der Waals surface area (Å²) in [5.74, 6) is -1.64. The van der Waals surface area contributed by atoms with Crippen LogP contribution in [0.1, 0.15) is 32.8 Å². The first kappa shape index (κ1) is 22.7. The molecular weight excluding hydrogens is 383 g/mol. The van der Waals surface area contributed by atoms with Crippen LogP contribution in [-0.4, -0.2) is 29.8 Å². The van der Waals surface area contributed by atoms with Gasteiger partial charge < -0.3 is 21.2 Å². The summed E-state index contributed by atoms with van der Waals surface area (Å²) in [6.07, 6.45) is 0.883. The molecule has 3 amide bonds. The zero-order chi connectivity index (χ0) is 17.4. The molecule has 3 N–H and O–H groups in total. The van der Waals surface area contributed by atoms with Gasteiger partial charge in [-0.2, -0.15) is 0 Å². The normalized spacial score (nSPS) is 12.7. The predicted molar refractivity (Wildman–Crippen MR) is 88.5 cm³/mol. The number of nitrogens with one attached hydrogen (secondary N) is 3. The molecule has 0 spiro atoms. The molecular formula is C17H24N3O3Y-. The summed E-state index contributed by atoms with van der Waals surface area (Å²) < 4.78 is 0. The number of carbonyl (C=O) groups excluding carboxylic acids is 3. The minimum atomic E-state index is -0.884. The zero-order valence-corrected chi connectivity index (χ0v) is 17.2. The fourth-order valence-corrected chi connectivity index (χ4v) is 2.05. The van der Waals surface area contributed by atoms with Gasteiger partial charge in [-0.05, 0) is 24.8 Å². The van der Waals surface area contributed by atoms with Gasteiger partial charge in [-0.3, -0.25) is 9.59 Å². The summed E-state index contributed by atoms with van der Waals surface area (Å²) in [7, 11) is 0. The van der Waals surface area contributed by atoms with Gasteiger partial charge >= 0.3 is 0 Å². The van der Waals surface area contributed by atoms with Crippen molar-refractivity contribution in [1.82, 2.24) is 10.6 Å². The van der Waals surface area contributed by atoms with Crippen molar-refractivity contribution in [2.24, 2.45) is 5.92 Å². The van der Waals surface area contributed by atoms with E-state index >= 15 is 0 Å². The Labute approximate surface area is 168 Å².